The Bertz CT molecular complexity index is 420. The number of furan rings is 1. The number of rotatable bonds is 4. The molecule has 1 aromatic heterocycles. The highest BCUT2D eigenvalue weighted by molar-refractivity contribution is 5.24. The highest BCUT2D eigenvalue weighted by Crippen LogP contribution is 2.36. The fraction of sp³-hybridized carbons (Fsp3) is 0.765. The van der Waals surface area contributed by atoms with Gasteiger partial charge < -0.3 is 9.73 Å². The molecule has 1 N–H and O–H groups in total. The zero-order chi connectivity index (χ0) is 13.9. The van der Waals surface area contributed by atoms with Crippen LogP contribution in [-0.4, -0.2) is 30.6 Å². The minimum atomic E-state index is 0.569. The van der Waals surface area contributed by atoms with Crippen LogP contribution < -0.4 is 5.32 Å². The van der Waals surface area contributed by atoms with Crippen LogP contribution in [0.15, 0.2) is 16.7 Å². The van der Waals surface area contributed by atoms with Crippen LogP contribution in [0.3, 0.4) is 0 Å². The highest BCUT2D eigenvalue weighted by atomic mass is 16.3. The summed E-state index contributed by atoms with van der Waals surface area (Å²) >= 11 is 0. The average Bonchev–Trinajstić information content (AvgIpc) is 2.94. The summed E-state index contributed by atoms with van der Waals surface area (Å²) in [5.41, 5.74) is 1.45. The van der Waals surface area contributed by atoms with Crippen LogP contribution in [0, 0.1) is 5.92 Å². The highest BCUT2D eigenvalue weighted by Gasteiger charge is 2.31. The van der Waals surface area contributed by atoms with Crippen LogP contribution in [0.2, 0.25) is 0 Å². The molecular formula is C17H28N2O. The zero-order valence-electron chi connectivity index (χ0n) is 12.9. The summed E-state index contributed by atoms with van der Waals surface area (Å²) in [6.45, 7) is 8.29. The number of nitrogens with zero attached hydrogens (tertiary/aromatic N) is 1. The topological polar surface area (TPSA) is 28.4 Å². The lowest BCUT2D eigenvalue weighted by Crippen LogP contribution is -2.43. The Morgan fingerprint density at radius 3 is 3.00 bits per heavy atom. The molecule has 2 unspecified atom stereocenters. The molecule has 1 aliphatic carbocycles. The Labute approximate surface area is 122 Å². The summed E-state index contributed by atoms with van der Waals surface area (Å²) in [5.74, 6) is 2.04. The summed E-state index contributed by atoms with van der Waals surface area (Å²) in [4.78, 5) is 2.71. The smallest absolute Gasteiger partial charge is 0.108 e. The largest absolute Gasteiger partial charge is 0.469 e. The van der Waals surface area contributed by atoms with E-state index in [1.165, 1.54) is 56.6 Å². The van der Waals surface area contributed by atoms with E-state index in [9.17, 15) is 0 Å². The van der Waals surface area contributed by atoms with Crippen LogP contribution in [0.1, 0.15) is 56.9 Å². The van der Waals surface area contributed by atoms with Gasteiger partial charge in [0.1, 0.15) is 5.76 Å². The van der Waals surface area contributed by atoms with Gasteiger partial charge in [0.15, 0.2) is 0 Å². The molecule has 1 fully saturated rings. The Hall–Kier alpha value is -0.800. The number of nitrogens with one attached hydrogen (secondary N) is 1. The molecule has 3 rings (SSSR count). The molecule has 1 aromatic rings. The van der Waals surface area contributed by atoms with E-state index >= 15 is 0 Å². The van der Waals surface area contributed by atoms with Crippen LogP contribution in [-0.2, 0) is 6.42 Å². The van der Waals surface area contributed by atoms with Crippen LogP contribution >= 0.6 is 0 Å². The molecule has 0 amide bonds. The van der Waals surface area contributed by atoms with Crippen molar-refractivity contribution in [1.82, 2.24) is 10.2 Å². The van der Waals surface area contributed by atoms with Gasteiger partial charge in [0.25, 0.3) is 0 Å². The van der Waals surface area contributed by atoms with E-state index in [-0.39, 0.29) is 0 Å². The van der Waals surface area contributed by atoms with Gasteiger partial charge >= 0.3 is 0 Å². The third-order valence-electron chi connectivity index (χ3n) is 4.95. The average molecular weight is 276 g/mol. The molecule has 2 heterocycles. The van der Waals surface area contributed by atoms with Crippen molar-refractivity contribution < 1.29 is 4.42 Å². The normalized spacial score (nSPS) is 27.0. The number of piperidine rings is 1. The Morgan fingerprint density at radius 1 is 1.35 bits per heavy atom. The lowest BCUT2D eigenvalue weighted by atomic mass is 9.89. The van der Waals surface area contributed by atoms with Gasteiger partial charge in [-0.05, 0) is 64.6 Å². The molecule has 20 heavy (non-hydrogen) atoms. The first kappa shape index (κ1) is 14.2. The van der Waals surface area contributed by atoms with Crippen molar-refractivity contribution in [3.63, 3.8) is 0 Å². The molecule has 1 saturated heterocycles. The molecular weight excluding hydrogens is 248 g/mol. The van der Waals surface area contributed by atoms with Gasteiger partial charge in [-0.3, -0.25) is 4.90 Å². The maximum absolute atomic E-state index is 5.67. The molecule has 112 valence electrons. The SMILES string of the molecule is CC(C)N(CC1CCCNC1)C1CCCc2occc21. The van der Waals surface area contributed by atoms with Crippen LogP contribution in [0.25, 0.3) is 0 Å². The molecule has 2 atom stereocenters. The number of aryl methyl sites for hydroxylation is 1. The van der Waals surface area contributed by atoms with E-state index in [4.69, 9.17) is 4.42 Å². The second kappa shape index (κ2) is 6.31. The quantitative estimate of drug-likeness (QED) is 0.914. The summed E-state index contributed by atoms with van der Waals surface area (Å²) in [5, 5.41) is 3.55. The fourth-order valence-electron chi connectivity index (χ4n) is 3.88. The van der Waals surface area contributed by atoms with Gasteiger partial charge in [-0.2, -0.15) is 0 Å². The van der Waals surface area contributed by atoms with Crippen molar-refractivity contribution in [2.75, 3.05) is 19.6 Å². The van der Waals surface area contributed by atoms with E-state index < -0.39 is 0 Å². The second-order valence-electron chi connectivity index (χ2n) is 6.71. The Balaban J connectivity index is 1.74. The monoisotopic (exact) mass is 276 g/mol. The van der Waals surface area contributed by atoms with Gasteiger partial charge in [-0.15, -0.1) is 0 Å². The molecule has 3 nitrogen and oxygen atoms in total. The third kappa shape index (κ3) is 2.94. The zero-order valence-corrected chi connectivity index (χ0v) is 12.9. The van der Waals surface area contributed by atoms with E-state index in [1.807, 2.05) is 6.26 Å². The Kier molecular flexibility index (Phi) is 4.47. The first-order valence-electron chi connectivity index (χ1n) is 8.28. The van der Waals surface area contributed by atoms with E-state index in [2.05, 4.69) is 30.1 Å². The van der Waals surface area contributed by atoms with Crippen LogP contribution in [0.4, 0.5) is 0 Å². The van der Waals surface area contributed by atoms with Crippen molar-refractivity contribution in [1.29, 1.82) is 0 Å². The number of hydrogen-bond donors (Lipinski definition) is 1. The van der Waals surface area contributed by atoms with E-state index in [1.54, 1.807) is 0 Å². The summed E-state index contributed by atoms with van der Waals surface area (Å²) < 4.78 is 5.67. The predicted octanol–water partition coefficient (Wildman–Crippen LogP) is 3.37. The van der Waals surface area contributed by atoms with Crippen molar-refractivity contribution in [2.24, 2.45) is 5.92 Å². The lowest BCUT2D eigenvalue weighted by Gasteiger charge is -2.40. The van der Waals surface area contributed by atoms with Crippen molar-refractivity contribution in [2.45, 2.75) is 58.0 Å². The summed E-state index contributed by atoms with van der Waals surface area (Å²) in [7, 11) is 0. The molecule has 1 aliphatic heterocycles. The van der Waals surface area contributed by atoms with Crippen molar-refractivity contribution in [3.8, 4) is 0 Å². The molecule has 3 heteroatoms. The van der Waals surface area contributed by atoms with Gasteiger partial charge in [0.2, 0.25) is 0 Å². The summed E-state index contributed by atoms with van der Waals surface area (Å²) in [6.07, 6.45) is 8.25. The van der Waals surface area contributed by atoms with E-state index in [0.717, 1.165) is 12.3 Å². The maximum atomic E-state index is 5.67. The van der Waals surface area contributed by atoms with E-state index in [0.29, 0.717) is 12.1 Å². The fourth-order valence-corrected chi connectivity index (χ4v) is 3.88. The predicted molar refractivity (Wildman–Crippen MR) is 81.8 cm³/mol. The number of hydrogen-bond acceptors (Lipinski definition) is 3. The third-order valence-corrected chi connectivity index (χ3v) is 4.95. The molecule has 0 spiro atoms. The minimum absolute atomic E-state index is 0.569. The Morgan fingerprint density at radius 2 is 2.25 bits per heavy atom. The molecule has 0 bridgehead atoms. The first-order chi connectivity index (χ1) is 9.75. The summed E-state index contributed by atoms with van der Waals surface area (Å²) in [6, 6.07) is 3.37. The van der Waals surface area contributed by atoms with Gasteiger partial charge in [-0.25, -0.2) is 0 Å². The maximum Gasteiger partial charge on any atom is 0.108 e. The van der Waals surface area contributed by atoms with Crippen molar-refractivity contribution >= 4 is 0 Å². The van der Waals surface area contributed by atoms with Gasteiger partial charge in [0.05, 0.1) is 6.26 Å². The standard InChI is InChI=1S/C17H28N2O/c1-13(2)19(12-14-5-4-9-18-11-14)16-6-3-7-17-15(16)8-10-20-17/h8,10,13-14,16,18H,3-7,9,11-12H2,1-2H3. The molecule has 0 saturated carbocycles. The molecule has 2 aliphatic rings. The number of fused-ring (bicyclic) bond motifs is 1. The lowest BCUT2D eigenvalue weighted by molar-refractivity contribution is 0.104. The van der Waals surface area contributed by atoms with Gasteiger partial charge in [-0.1, -0.05) is 0 Å². The minimum Gasteiger partial charge on any atom is -0.469 e. The first-order valence-corrected chi connectivity index (χ1v) is 8.28. The molecule has 0 aromatic carbocycles. The molecule has 0 radical (unpaired) electrons. The van der Waals surface area contributed by atoms with Crippen LogP contribution in [0.5, 0.6) is 0 Å². The van der Waals surface area contributed by atoms with Gasteiger partial charge in [0, 0.05) is 30.6 Å². The second-order valence-corrected chi connectivity index (χ2v) is 6.71. The van der Waals surface area contributed by atoms with Crippen molar-refractivity contribution in [3.05, 3.63) is 23.7 Å².